The van der Waals surface area contributed by atoms with Crippen LogP contribution in [0.3, 0.4) is 0 Å². The first-order chi connectivity index (χ1) is 18.5. The third kappa shape index (κ3) is 6.27. The molecule has 1 amide bonds. The number of aromatic nitrogens is 2. The van der Waals surface area contributed by atoms with Crippen LogP contribution in [0, 0.1) is 5.82 Å². The number of para-hydroxylation sites is 1. The van der Waals surface area contributed by atoms with E-state index in [1.165, 1.54) is 6.07 Å². The zero-order valence-corrected chi connectivity index (χ0v) is 23.0. The Kier molecular flexibility index (Phi) is 8.44. The number of benzene rings is 2. The lowest BCUT2D eigenvalue weighted by Gasteiger charge is -2.37. The molecular weight excluding hydrogens is 499 g/mol. The maximum atomic E-state index is 14.2. The van der Waals surface area contributed by atoms with Crippen LogP contribution in [0.5, 0.6) is 0 Å². The SMILES string of the molecule is CCc1cc(N2CCN(c3ccccc3F)CC2)nc(SCc2cccc(C(=O)N3CCN(C)CC3)c2)n1. The second-order valence-corrected chi connectivity index (χ2v) is 10.8. The molecule has 7 nitrogen and oxygen atoms in total. The van der Waals surface area contributed by atoms with Gasteiger partial charge in [-0.1, -0.05) is 43.0 Å². The number of hydrogen-bond acceptors (Lipinski definition) is 7. The molecule has 5 rings (SSSR count). The van der Waals surface area contributed by atoms with Crippen molar-refractivity contribution in [2.75, 3.05) is 69.2 Å². The lowest BCUT2D eigenvalue weighted by molar-refractivity contribution is 0.0664. The van der Waals surface area contributed by atoms with Crippen molar-refractivity contribution in [3.8, 4) is 0 Å². The number of amides is 1. The van der Waals surface area contributed by atoms with Gasteiger partial charge in [0.15, 0.2) is 5.16 Å². The highest BCUT2D eigenvalue weighted by Crippen LogP contribution is 2.26. The van der Waals surface area contributed by atoms with E-state index in [1.54, 1.807) is 17.8 Å². The molecule has 38 heavy (non-hydrogen) atoms. The number of thioether (sulfide) groups is 1. The minimum Gasteiger partial charge on any atom is -0.366 e. The van der Waals surface area contributed by atoms with E-state index >= 15 is 0 Å². The number of aryl methyl sites for hydroxylation is 1. The fraction of sp³-hybridized carbons (Fsp3) is 0.414. The summed E-state index contributed by atoms with van der Waals surface area (Å²) >= 11 is 1.60. The maximum absolute atomic E-state index is 14.2. The molecule has 200 valence electrons. The van der Waals surface area contributed by atoms with Crippen LogP contribution in [0.2, 0.25) is 0 Å². The van der Waals surface area contributed by atoms with Crippen molar-refractivity contribution in [2.24, 2.45) is 0 Å². The van der Waals surface area contributed by atoms with Gasteiger partial charge in [-0.15, -0.1) is 0 Å². The van der Waals surface area contributed by atoms with Gasteiger partial charge in [-0.3, -0.25) is 4.79 Å². The Morgan fingerprint density at radius 1 is 0.895 bits per heavy atom. The Hall–Kier alpha value is -3.17. The van der Waals surface area contributed by atoms with Crippen LogP contribution in [0.25, 0.3) is 0 Å². The number of carbonyl (C=O) groups is 1. The molecule has 0 aliphatic carbocycles. The van der Waals surface area contributed by atoms with Crippen LogP contribution in [0.4, 0.5) is 15.9 Å². The van der Waals surface area contributed by atoms with E-state index in [0.29, 0.717) is 11.4 Å². The Labute approximate surface area is 228 Å². The van der Waals surface area contributed by atoms with Crippen molar-refractivity contribution in [3.05, 3.63) is 77.2 Å². The van der Waals surface area contributed by atoms with Gasteiger partial charge in [-0.05, 0) is 43.3 Å². The Balaban J connectivity index is 1.23. The van der Waals surface area contributed by atoms with Crippen molar-refractivity contribution in [3.63, 3.8) is 0 Å². The fourth-order valence-corrected chi connectivity index (χ4v) is 5.70. The molecule has 2 saturated heterocycles. The highest BCUT2D eigenvalue weighted by Gasteiger charge is 2.22. The van der Waals surface area contributed by atoms with Gasteiger partial charge in [-0.2, -0.15) is 0 Å². The van der Waals surface area contributed by atoms with Gasteiger partial charge in [0, 0.05) is 75.4 Å². The van der Waals surface area contributed by atoms with Crippen LogP contribution in [-0.2, 0) is 12.2 Å². The number of anilines is 2. The van der Waals surface area contributed by atoms with E-state index in [0.717, 1.165) is 86.6 Å². The molecule has 0 bridgehead atoms. The summed E-state index contributed by atoms with van der Waals surface area (Å²) in [6.07, 6.45) is 0.827. The van der Waals surface area contributed by atoms with E-state index in [-0.39, 0.29) is 11.7 Å². The minimum absolute atomic E-state index is 0.103. The van der Waals surface area contributed by atoms with Gasteiger partial charge in [0.1, 0.15) is 11.6 Å². The first-order valence-corrected chi connectivity index (χ1v) is 14.3. The summed E-state index contributed by atoms with van der Waals surface area (Å²) in [5, 5.41) is 0.742. The molecule has 0 atom stereocenters. The number of hydrogen-bond donors (Lipinski definition) is 0. The van der Waals surface area contributed by atoms with Crippen LogP contribution < -0.4 is 9.80 Å². The first-order valence-electron chi connectivity index (χ1n) is 13.3. The topological polar surface area (TPSA) is 55.8 Å². The van der Waals surface area contributed by atoms with Crippen LogP contribution in [0.1, 0.15) is 28.5 Å². The third-order valence-electron chi connectivity index (χ3n) is 7.24. The first kappa shape index (κ1) is 26.4. The molecule has 3 heterocycles. The van der Waals surface area contributed by atoms with E-state index in [4.69, 9.17) is 9.97 Å². The van der Waals surface area contributed by atoms with Gasteiger partial charge in [-0.25, -0.2) is 14.4 Å². The second kappa shape index (κ2) is 12.1. The predicted molar refractivity (Wildman–Crippen MR) is 152 cm³/mol. The molecule has 2 fully saturated rings. The summed E-state index contributed by atoms with van der Waals surface area (Å²) in [6, 6.07) is 16.9. The highest BCUT2D eigenvalue weighted by molar-refractivity contribution is 7.98. The summed E-state index contributed by atoms with van der Waals surface area (Å²) in [4.78, 5) is 31.2. The molecule has 2 aliphatic rings. The predicted octanol–water partition coefficient (Wildman–Crippen LogP) is 4.18. The second-order valence-electron chi connectivity index (χ2n) is 9.86. The van der Waals surface area contributed by atoms with Crippen molar-refractivity contribution in [1.82, 2.24) is 19.8 Å². The van der Waals surface area contributed by atoms with Crippen LogP contribution in [-0.4, -0.2) is 85.1 Å². The molecule has 9 heteroatoms. The molecule has 0 radical (unpaired) electrons. The summed E-state index contributed by atoms with van der Waals surface area (Å²) in [5.74, 6) is 1.54. The molecular formula is C29H35FN6OS. The number of likely N-dealkylation sites (N-methyl/N-ethyl adjacent to an activating group) is 1. The minimum atomic E-state index is -0.177. The molecule has 2 aliphatic heterocycles. The molecule has 3 aromatic rings. The number of piperazine rings is 2. The number of nitrogens with zero attached hydrogens (tertiary/aromatic N) is 6. The highest BCUT2D eigenvalue weighted by atomic mass is 32.2. The number of halogens is 1. The molecule has 0 unspecified atom stereocenters. The van der Waals surface area contributed by atoms with E-state index in [2.05, 4.69) is 40.8 Å². The largest absolute Gasteiger partial charge is 0.366 e. The van der Waals surface area contributed by atoms with Gasteiger partial charge in [0.25, 0.3) is 5.91 Å². The molecule has 2 aromatic carbocycles. The summed E-state index contributed by atoms with van der Waals surface area (Å²) < 4.78 is 14.2. The van der Waals surface area contributed by atoms with Gasteiger partial charge in [0.05, 0.1) is 5.69 Å². The number of carbonyl (C=O) groups excluding carboxylic acids is 1. The Morgan fingerprint density at radius 3 is 2.37 bits per heavy atom. The van der Waals surface area contributed by atoms with Gasteiger partial charge < -0.3 is 19.6 Å². The molecule has 0 spiro atoms. The Bertz CT molecular complexity index is 1260. The van der Waals surface area contributed by atoms with E-state index in [1.807, 2.05) is 35.2 Å². The van der Waals surface area contributed by atoms with Gasteiger partial charge >= 0.3 is 0 Å². The van der Waals surface area contributed by atoms with Crippen LogP contribution in [0.15, 0.2) is 59.8 Å². The zero-order valence-electron chi connectivity index (χ0n) is 22.1. The van der Waals surface area contributed by atoms with Crippen molar-refractivity contribution in [1.29, 1.82) is 0 Å². The zero-order chi connectivity index (χ0) is 26.5. The standard InChI is InChI=1S/C29H35FN6OS/c1-3-24-20-27(35-17-15-34(16-18-35)26-10-5-4-9-25(26)30)32-29(31-24)38-21-22-7-6-8-23(19-22)28(37)36-13-11-33(2)12-14-36/h4-10,19-20H,3,11-18,21H2,1-2H3. The normalized spacial score (nSPS) is 16.7. The summed E-state index contributed by atoms with van der Waals surface area (Å²) in [6.45, 7) is 8.48. The van der Waals surface area contributed by atoms with Crippen molar-refractivity contribution in [2.45, 2.75) is 24.3 Å². The fourth-order valence-electron chi connectivity index (χ4n) is 4.89. The molecule has 0 N–H and O–H groups in total. The lowest BCUT2D eigenvalue weighted by Crippen LogP contribution is -2.47. The van der Waals surface area contributed by atoms with Crippen molar-refractivity contribution < 1.29 is 9.18 Å². The smallest absolute Gasteiger partial charge is 0.253 e. The average Bonchev–Trinajstić information content (AvgIpc) is 2.96. The van der Waals surface area contributed by atoms with Crippen molar-refractivity contribution >= 4 is 29.2 Å². The maximum Gasteiger partial charge on any atom is 0.253 e. The summed E-state index contributed by atoms with van der Waals surface area (Å²) in [7, 11) is 2.09. The lowest BCUT2D eigenvalue weighted by atomic mass is 10.1. The summed E-state index contributed by atoms with van der Waals surface area (Å²) in [5.41, 5.74) is 3.49. The third-order valence-corrected chi connectivity index (χ3v) is 8.15. The van der Waals surface area contributed by atoms with Gasteiger partial charge in [0.2, 0.25) is 0 Å². The number of rotatable bonds is 7. The van der Waals surface area contributed by atoms with E-state index in [9.17, 15) is 9.18 Å². The van der Waals surface area contributed by atoms with Crippen LogP contribution >= 0.6 is 11.8 Å². The molecule has 1 aromatic heterocycles. The van der Waals surface area contributed by atoms with E-state index < -0.39 is 0 Å². The molecule has 0 saturated carbocycles. The quantitative estimate of drug-likeness (QED) is 0.333. The Morgan fingerprint density at radius 2 is 1.63 bits per heavy atom. The monoisotopic (exact) mass is 534 g/mol. The average molecular weight is 535 g/mol.